The molecule has 0 saturated carbocycles. The highest BCUT2D eigenvalue weighted by Gasteiger charge is 2.02. The van der Waals surface area contributed by atoms with E-state index in [9.17, 15) is 4.79 Å². The van der Waals surface area contributed by atoms with Gasteiger partial charge in [-0.15, -0.1) is 17.0 Å². The molecule has 110 valence electrons. The Hall–Kier alpha value is -1.58. The Labute approximate surface area is 140 Å². The Kier molecular flexibility index (Phi) is 7.20. The number of allylic oxidation sites excluding steroid dienone is 1. The molecular weight excluding hydrogens is 352 g/mol. The van der Waals surface area contributed by atoms with Crippen LogP contribution in [0.1, 0.15) is 22.8 Å². The van der Waals surface area contributed by atoms with Gasteiger partial charge in [-0.05, 0) is 55.0 Å². The Morgan fingerprint density at radius 2 is 1.71 bits per heavy atom. The van der Waals surface area contributed by atoms with E-state index in [1.54, 1.807) is 48.6 Å². The summed E-state index contributed by atoms with van der Waals surface area (Å²) in [5, 5.41) is 0.681. The lowest BCUT2D eigenvalue weighted by atomic mass is 10.1. The molecule has 2 rings (SSSR count). The lowest BCUT2D eigenvalue weighted by molar-refractivity contribution is 0.104. The molecule has 0 radical (unpaired) electrons. The van der Waals surface area contributed by atoms with Crippen LogP contribution in [0.15, 0.2) is 54.6 Å². The van der Waals surface area contributed by atoms with Gasteiger partial charge in [-0.2, -0.15) is 0 Å². The molecule has 0 aliphatic carbocycles. The zero-order chi connectivity index (χ0) is 14.4. The topological polar surface area (TPSA) is 26.3 Å². The Morgan fingerprint density at radius 1 is 1.10 bits per heavy atom. The third kappa shape index (κ3) is 5.37. The minimum Gasteiger partial charge on any atom is -0.494 e. The van der Waals surface area contributed by atoms with E-state index in [1.165, 1.54) is 0 Å². The van der Waals surface area contributed by atoms with Crippen molar-refractivity contribution in [1.82, 2.24) is 0 Å². The number of hydrogen-bond acceptors (Lipinski definition) is 2. The summed E-state index contributed by atoms with van der Waals surface area (Å²) >= 11 is 5.81. The fourth-order valence-corrected chi connectivity index (χ4v) is 1.85. The summed E-state index contributed by atoms with van der Waals surface area (Å²) in [5.41, 5.74) is 1.58. The number of benzene rings is 2. The largest absolute Gasteiger partial charge is 0.494 e. The van der Waals surface area contributed by atoms with E-state index in [2.05, 4.69) is 0 Å². The number of carbonyl (C=O) groups is 1. The smallest absolute Gasteiger partial charge is 0.185 e. The van der Waals surface area contributed by atoms with Crippen molar-refractivity contribution in [3.8, 4) is 5.75 Å². The second kappa shape index (κ2) is 8.65. The van der Waals surface area contributed by atoms with Crippen molar-refractivity contribution in [3.63, 3.8) is 0 Å². The Bertz CT molecular complexity index is 604. The maximum atomic E-state index is 12.0. The molecule has 0 N–H and O–H groups in total. The number of ketones is 1. The highest BCUT2D eigenvalue weighted by Crippen LogP contribution is 2.14. The molecule has 2 aromatic carbocycles. The van der Waals surface area contributed by atoms with Crippen LogP contribution in [-0.4, -0.2) is 12.4 Å². The van der Waals surface area contributed by atoms with Gasteiger partial charge in [0.15, 0.2) is 5.78 Å². The number of rotatable bonds is 5. The summed E-state index contributed by atoms with van der Waals surface area (Å²) in [7, 11) is 0. The minimum absolute atomic E-state index is 0. The second-order valence-corrected chi connectivity index (χ2v) is 4.64. The number of carbonyl (C=O) groups excluding carboxylic acids is 1. The molecule has 0 saturated heterocycles. The van der Waals surface area contributed by atoms with Crippen LogP contribution in [0.2, 0.25) is 5.02 Å². The molecule has 0 aliphatic rings. The predicted octanol–water partition coefficient (Wildman–Crippen LogP) is 5.21. The van der Waals surface area contributed by atoms with Gasteiger partial charge in [-0.3, -0.25) is 4.79 Å². The predicted molar refractivity (Wildman–Crippen MR) is 92.7 cm³/mol. The zero-order valence-electron chi connectivity index (χ0n) is 11.6. The monoisotopic (exact) mass is 366 g/mol. The van der Waals surface area contributed by atoms with Crippen molar-refractivity contribution in [2.45, 2.75) is 6.92 Å². The molecule has 0 aliphatic heterocycles. The van der Waals surface area contributed by atoms with Gasteiger partial charge in [-0.25, -0.2) is 0 Å². The molecule has 0 fully saturated rings. The number of halogens is 2. The van der Waals surface area contributed by atoms with Gasteiger partial charge in [0.25, 0.3) is 0 Å². The van der Waals surface area contributed by atoms with Crippen LogP contribution in [0.5, 0.6) is 5.75 Å². The first-order valence-electron chi connectivity index (χ1n) is 6.40. The fraction of sp³-hybridized carbons (Fsp3) is 0.118. The summed E-state index contributed by atoms with van der Waals surface area (Å²) in [4.78, 5) is 12.0. The van der Waals surface area contributed by atoms with Crippen LogP contribution < -0.4 is 4.74 Å². The first kappa shape index (κ1) is 17.5. The van der Waals surface area contributed by atoms with E-state index in [4.69, 9.17) is 16.3 Å². The minimum atomic E-state index is -0.0389. The Balaban J connectivity index is 0.00000220. The van der Waals surface area contributed by atoms with E-state index in [1.807, 2.05) is 19.1 Å². The summed E-state index contributed by atoms with van der Waals surface area (Å²) in [6, 6.07) is 14.4. The molecule has 0 unspecified atom stereocenters. The third-order valence-electron chi connectivity index (χ3n) is 2.75. The van der Waals surface area contributed by atoms with Gasteiger partial charge in [0, 0.05) is 10.6 Å². The first-order chi connectivity index (χ1) is 9.69. The highest BCUT2D eigenvalue weighted by atomic mass is 79.9. The SMILES string of the molecule is Br.CCOc1ccc(C(=O)C=Cc2ccc(Cl)cc2)cc1. The second-order valence-electron chi connectivity index (χ2n) is 4.21. The van der Waals surface area contributed by atoms with Crippen LogP contribution in [0, 0.1) is 0 Å². The molecule has 0 amide bonds. The van der Waals surface area contributed by atoms with Crippen molar-refractivity contribution >= 4 is 40.4 Å². The van der Waals surface area contributed by atoms with Gasteiger partial charge in [0.1, 0.15) is 5.75 Å². The lowest BCUT2D eigenvalue weighted by Crippen LogP contribution is -1.95. The molecule has 4 heteroatoms. The van der Waals surface area contributed by atoms with Gasteiger partial charge >= 0.3 is 0 Å². The average molecular weight is 368 g/mol. The standard InChI is InChI=1S/C17H15ClO2.BrH/c1-2-20-16-10-6-14(7-11-16)17(19)12-5-13-3-8-15(18)9-4-13;/h3-12H,2H2,1H3;1H. The van der Waals surface area contributed by atoms with E-state index in [-0.39, 0.29) is 22.8 Å². The zero-order valence-corrected chi connectivity index (χ0v) is 14.1. The van der Waals surface area contributed by atoms with Crippen molar-refractivity contribution < 1.29 is 9.53 Å². The fourth-order valence-electron chi connectivity index (χ4n) is 1.72. The van der Waals surface area contributed by atoms with Crippen molar-refractivity contribution in [3.05, 3.63) is 70.8 Å². The molecule has 2 nitrogen and oxygen atoms in total. The van der Waals surface area contributed by atoms with Crippen molar-refractivity contribution in [2.24, 2.45) is 0 Å². The molecule has 0 bridgehead atoms. The van der Waals surface area contributed by atoms with Crippen molar-refractivity contribution in [2.75, 3.05) is 6.61 Å². The van der Waals surface area contributed by atoms with Crippen LogP contribution in [0.25, 0.3) is 6.08 Å². The number of hydrogen-bond donors (Lipinski definition) is 0. The van der Waals surface area contributed by atoms with Crippen LogP contribution >= 0.6 is 28.6 Å². The maximum Gasteiger partial charge on any atom is 0.185 e. The van der Waals surface area contributed by atoms with E-state index in [0.29, 0.717) is 17.2 Å². The molecule has 0 spiro atoms. The molecule has 0 atom stereocenters. The summed E-state index contributed by atoms with van der Waals surface area (Å²) in [5.74, 6) is 0.730. The van der Waals surface area contributed by atoms with Gasteiger partial charge in [0.05, 0.1) is 6.61 Å². The average Bonchev–Trinajstić information content (AvgIpc) is 2.47. The van der Waals surface area contributed by atoms with E-state index < -0.39 is 0 Å². The van der Waals surface area contributed by atoms with Gasteiger partial charge in [-0.1, -0.05) is 29.8 Å². The summed E-state index contributed by atoms with van der Waals surface area (Å²) < 4.78 is 5.34. The molecule has 0 heterocycles. The summed E-state index contributed by atoms with van der Waals surface area (Å²) in [6.07, 6.45) is 3.33. The van der Waals surface area contributed by atoms with Gasteiger partial charge in [0.2, 0.25) is 0 Å². The number of ether oxygens (including phenoxy) is 1. The maximum absolute atomic E-state index is 12.0. The molecule has 21 heavy (non-hydrogen) atoms. The first-order valence-corrected chi connectivity index (χ1v) is 6.77. The lowest BCUT2D eigenvalue weighted by Gasteiger charge is -2.02. The van der Waals surface area contributed by atoms with E-state index >= 15 is 0 Å². The van der Waals surface area contributed by atoms with Crippen LogP contribution in [0.3, 0.4) is 0 Å². The highest BCUT2D eigenvalue weighted by molar-refractivity contribution is 8.93. The summed E-state index contributed by atoms with van der Waals surface area (Å²) in [6.45, 7) is 2.54. The van der Waals surface area contributed by atoms with Crippen molar-refractivity contribution in [1.29, 1.82) is 0 Å². The Morgan fingerprint density at radius 3 is 2.29 bits per heavy atom. The molecule has 0 aromatic heterocycles. The molecular formula is C17H16BrClO2. The van der Waals surface area contributed by atoms with Crippen LogP contribution in [-0.2, 0) is 0 Å². The molecule has 2 aromatic rings. The quantitative estimate of drug-likeness (QED) is 0.535. The third-order valence-corrected chi connectivity index (χ3v) is 3.00. The van der Waals surface area contributed by atoms with Crippen LogP contribution in [0.4, 0.5) is 0 Å². The normalized spacial score (nSPS) is 10.2. The van der Waals surface area contributed by atoms with Gasteiger partial charge < -0.3 is 4.74 Å². The van der Waals surface area contributed by atoms with E-state index in [0.717, 1.165) is 11.3 Å².